The first-order chi connectivity index (χ1) is 6.81. The van der Waals surface area contributed by atoms with E-state index in [1.807, 2.05) is 18.2 Å². The van der Waals surface area contributed by atoms with Gasteiger partial charge in [-0.05, 0) is 5.56 Å². The van der Waals surface area contributed by atoms with E-state index in [2.05, 4.69) is 12.1 Å². The van der Waals surface area contributed by atoms with E-state index in [9.17, 15) is 5.11 Å². The van der Waals surface area contributed by atoms with Crippen LogP contribution in [-0.4, -0.2) is 29.8 Å². The van der Waals surface area contributed by atoms with Crippen molar-refractivity contribution in [1.29, 1.82) is 0 Å². The highest BCUT2D eigenvalue weighted by atomic mass is 16.3. The van der Waals surface area contributed by atoms with Crippen LogP contribution in [0.2, 0.25) is 0 Å². The van der Waals surface area contributed by atoms with Gasteiger partial charge >= 0.3 is 0 Å². The van der Waals surface area contributed by atoms with Crippen LogP contribution in [0.25, 0.3) is 0 Å². The van der Waals surface area contributed by atoms with Crippen LogP contribution < -0.4 is 5.84 Å². The van der Waals surface area contributed by atoms with E-state index in [0.29, 0.717) is 5.92 Å². The van der Waals surface area contributed by atoms with Gasteiger partial charge in [0.1, 0.15) is 0 Å². The quantitative estimate of drug-likeness (QED) is 0.673. The lowest BCUT2D eigenvalue weighted by Gasteiger charge is -2.15. The van der Waals surface area contributed by atoms with Crippen molar-refractivity contribution in [3.05, 3.63) is 35.9 Å². The Labute approximate surface area is 84.1 Å². The van der Waals surface area contributed by atoms with Crippen molar-refractivity contribution in [3.8, 4) is 0 Å². The first kappa shape index (κ1) is 9.65. The van der Waals surface area contributed by atoms with Crippen molar-refractivity contribution in [2.75, 3.05) is 19.7 Å². The topological polar surface area (TPSA) is 49.5 Å². The van der Waals surface area contributed by atoms with Crippen molar-refractivity contribution >= 4 is 0 Å². The van der Waals surface area contributed by atoms with Gasteiger partial charge in [-0.25, -0.2) is 5.01 Å². The lowest BCUT2D eigenvalue weighted by Crippen LogP contribution is -2.28. The number of rotatable bonds is 2. The summed E-state index contributed by atoms with van der Waals surface area (Å²) in [4.78, 5) is 0. The normalized spacial score (nSPS) is 28.1. The lowest BCUT2D eigenvalue weighted by molar-refractivity contribution is 0.216. The molecule has 1 aromatic carbocycles. The predicted molar refractivity (Wildman–Crippen MR) is 55.5 cm³/mol. The molecular weight excluding hydrogens is 176 g/mol. The van der Waals surface area contributed by atoms with E-state index in [-0.39, 0.29) is 12.5 Å². The molecule has 1 aliphatic heterocycles. The van der Waals surface area contributed by atoms with Gasteiger partial charge in [-0.2, -0.15) is 0 Å². The van der Waals surface area contributed by atoms with Crippen molar-refractivity contribution in [1.82, 2.24) is 5.01 Å². The van der Waals surface area contributed by atoms with Crippen LogP contribution in [0.3, 0.4) is 0 Å². The van der Waals surface area contributed by atoms with Gasteiger partial charge in [0, 0.05) is 31.5 Å². The number of hydrogen-bond donors (Lipinski definition) is 2. The minimum Gasteiger partial charge on any atom is -0.396 e. The summed E-state index contributed by atoms with van der Waals surface area (Å²) in [5.41, 5.74) is 1.28. The van der Waals surface area contributed by atoms with Gasteiger partial charge in [-0.15, -0.1) is 0 Å². The largest absolute Gasteiger partial charge is 0.396 e. The Morgan fingerprint density at radius 1 is 1.29 bits per heavy atom. The third kappa shape index (κ3) is 1.80. The van der Waals surface area contributed by atoms with Gasteiger partial charge in [0.15, 0.2) is 0 Å². The molecule has 0 aromatic heterocycles. The van der Waals surface area contributed by atoms with Crippen molar-refractivity contribution < 1.29 is 5.11 Å². The molecule has 1 aliphatic rings. The minimum absolute atomic E-state index is 0.216. The Hall–Kier alpha value is -0.900. The Morgan fingerprint density at radius 3 is 2.64 bits per heavy atom. The van der Waals surface area contributed by atoms with Gasteiger partial charge in [0.25, 0.3) is 0 Å². The molecule has 1 saturated heterocycles. The SMILES string of the molecule is NN1C[C@@H](CO)[C@H](c2ccccc2)C1. The van der Waals surface area contributed by atoms with Crippen molar-refractivity contribution in [2.45, 2.75) is 5.92 Å². The highest BCUT2D eigenvalue weighted by molar-refractivity contribution is 5.22. The Balaban J connectivity index is 2.18. The molecule has 2 rings (SSSR count). The molecule has 0 spiro atoms. The first-order valence-corrected chi connectivity index (χ1v) is 4.96. The summed E-state index contributed by atoms with van der Waals surface area (Å²) >= 11 is 0. The fourth-order valence-electron chi connectivity index (χ4n) is 2.17. The summed E-state index contributed by atoms with van der Waals surface area (Å²) in [7, 11) is 0. The average molecular weight is 192 g/mol. The zero-order chi connectivity index (χ0) is 9.97. The van der Waals surface area contributed by atoms with Crippen molar-refractivity contribution in [2.24, 2.45) is 11.8 Å². The Kier molecular flexibility index (Phi) is 2.82. The summed E-state index contributed by atoms with van der Waals surface area (Å²) in [6.45, 7) is 1.85. The molecule has 0 amide bonds. The fraction of sp³-hybridized carbons (Fsp3) is 0.455. The molecule has 0 unspecified atom stereocenters. The standard InChI is InChI=1S/C11H16N2O/c12-13-6-10(8-14)11(7-13)9-4-2-1-3-5-9/h1-5,10-11,14H,6-8,12H2/t10-,11-/m0/s1. The van der Waals surface area contributed by atoms with Crippen LogP contribution in [0.5, 0.6) is 0 Å². The summed E-state index contributed by atoms with van der Waals surface area (Å²) in [5.74, 6) is 6.41. The summed E-state index contributed by atoms with van der Waals surface area (Å²) < 4.78 is 0. The first-order valence-electron chi connectivity index (χ1n) is 4.96. The second-order valence-electron chi connectivity index (χ2n) is 3.91. The van der Waals surface area contributed by atoms with Gasteiger partial charge in [-0.3, -0.25) is 5.84 Å². The van der Waals surface area contributed by atoms with Gasteiger partial charge in [0.2, 0.25) is 0 Å². The fourth-order valence-corrected chi connectivity index (χ4v) is 2.17. The molecule has 3 N–H and O–H groups in total. The van der Waals surface area contributed by atoms with Gasteiger partial charge in [-0.1, -0.05) is 30.3 Å². The Bertz CT molecular complexity index is 289. The third-order valence-corrected chi connectivity index (χ3v) is 2.93. The van der Waals surface area contributed by atoms with E-state index >= 15 is 0 Å². The number of nitrogens with zero attached hydrogens (tertiary/aromatic N) is 1. The van der Waals surface area contributed by atoms with Gasteiger partial charge < -0.3 is 5.11 Å². The van der Waals surface area contributed by atoms with E-state index in [1.165, 1.54) is 5.56 Å². The molecule has 14 heavy (non-hydrogen) atoms. The molecule has 1 heterocycles. The molecule has 0 radical (unpaired) electrons. The molecule has 0 aliphatic carbocycles. The molecule has 3 nitrogen and oxygen atoms in total. The highest BCUT2D eigenvalue weighted by Crippen LogP contribution is 2.30. The van der Waals surface area contributed by atoms with E-state index in [1.54, 1.807) is 5.01 Å². The van der Waals surface area contributed by atoms with Crippen LogP contribution in [0.15, 0.2) is 30.3 Å². The maximum atomic E-state index is 9.23. The number of nitrogens with two attached hydrogens (primary N) is 1. The van der Waals surface area contributed by atoms with Crippen LogP contribution in [0.1, 0.15) is 11.5 Å². The smallest absolute Gasteiger partial charge is 0.0478 e. The monoisotopic (exact) mass is 192 g/mol. The maximum absolute atomic E-state index is 9.23. The molecular formula is C11H16N2O. The number of hydrogen-bond acceptors (Lipinski definition) is 3. The van der Waals surface area contributed by atoms with Crippen LogP contribution >= 0.6 is 0 Å². The number of benzene rings is 1. The summed E-state index contributed by atoms with van der Waals surface area (Å²) in [5, 5.41) is 11.0. The molecule has 76 valence electrons. The molecule has 0 saturated carbocycles. The number of aliphatic hydroxyl groups is 1. The van der Waals surface area contributed by atoms with E-state index in [0.717, 1.165) is 13.1 Å². The van der Waals surface area contributed by atoms with Crippen LogP contribution in [0.4, 0.5) is 0 Å². The molecule has 1 fully saturated rings. The molecule has 1 aromatic rings. The highest BCUT2D eigenvalue weighted by Gasteiger charge is 2.31. The molecule has 0 bridgehead atoms. The lowest BCUT2D eigenvalue weighted by atomic mass is 9.90. The zero-order valence-electron chi connectivity index (χ0n) is 8.13. The second kappa shape index (κ2) is 4.09. The van der Waals surface area contributed by atoms with E-state index in [4.69, 9.17) is 5.84 Å². The second-order valence-corrected chi connectivity index (χ2v) is 3.91. The number of aliphatic hydroxyl groups excluding tert-OH is 1. The van der Waals surface area contributed by atoms with Crippen LogP contribution in [-0.2, 0) is 0 Å². The van der Waals surface area contributed by atoms with Crippen LogP contribution in [0, 0.1) is 5.92 Å². The average Bonchev–Trinajstić information content (AvgIpc) is 2.61. The van der Waals surface area contributed by atoms with Gasteiger partial charge in [0.05, 0.1) is 0 Å². The zero-order valence-corrected chi connectivity index (χ0v) is 8.13. The predicted octanol–water partition coefficient (Wildman–Crippen LogP) is 0.568. The summed E-state index contributed by atoms with van der Waals surface area (Å²) in [6.07, 6.45) is 0. The molecule has 3 heteroatoms. The Morgan fingerprint density at radius 2 is 2.00 bits per heavy atom. The third-order valence-electron chi connectivity index (χ3n) is 2.93. The van der Waals surface area contributed by atoms with Crippen molar-refractivity contribution in [3.63, 3.8) is 0 Å². The maximum Gasteiger partial charge on any atom is 0.0478 e. The number of hydrazine groups is 1. The summed E-state index contributed by atoms with van der Waals surface area (Å²) in [6, 6.07) is 10.3. The van der Waals surface area contributed by atoms with E-state index < -0.39 is 0 Å². The molecule has 2 atom stereocenters. The minimum atomic E-state index is 0.216.